The Kier molecular flexibility index (Phi) is 7.20. The molecular weight excluding hydrogens is 428 g/mol. The summed E-state index contributed by atoms with van der Waals surface area (Å²) in [6, 6.07) is 9.23. The van der Waals surface area contributed by atoms with Crippen molar-refractivity contribution in [2.24, 2.45) is 0 Å². The van der Waals surface area contributed by atoms with E-state index in [4.69, 9.17) is 0 Å². The number of aromatic carboxylic acids is 1. The molecule has 8 nitrogen and oxygen atoms in total. The van der Waals surface area contributed by atoms with E-state index < -0.39 is 17.8 Å². The van der Waals surface area contributed by atoms with E-state index in [0.29, 0.717) is 28.1 Å². The fraction of sp³-hybridized carbons (Fsp3) is 0.0952. The van der Waals surface area contributed by atoms with Gasteiger partial charge >= 0.3 is 24.9 Å². The Bertz CT molecular complexity index is 1280. The number of carbonyl (C=O) groups is 2. The van der Waals surface area contributed by atoms with Gasteiger partial charge in [-0.05, 0) is 31.2 Å². The minimum absolute atomic E-state index is 0. The summed E-state index contributed by atoms with van der Waals surface area (Å²) in [5.41, 5.74) is 1.59. The van der Waals surface area contributed by atoms with Gasteiger partial charge in [-0.25, -0.2) is 14.2 Å². The van der Waals surface area contributed by atoms with Gasteiger partial charge in [-0.1, -0.05) is 23.5 Å². The molecule has 1 aromatic carbocycles. The fourth-order valence-electron chi connectivity index (χ4n) is 3.00. The molecule has 0 saturated carbocycles. The number of halogens is 1. The summed E-state index contributed by atoms with van der Waals surface area (Å²) < 4.78 is 16.0. The van der Waals surface area contributed by atoms with E-state index in [2.05, 4.69) is 25.6 Å². The van der Waals surface area contributed by atoms with Crippen molar-refractivity contribution in [3.63, 3.8) is 0 Å². The molecule has 0 unspecified atom stereocenters. The van der Waals surface area contributed by atoms with Crippen molar-refractivity contribution >= 4 is 38.7 Å². The molecule has 0 aliphatic rings. The summed E-state index contributed by atoms with van der Waals surface area (Å²) in [6.45, 7) is 2.21. The minimum Gasteiger partial charge on any atom is -0.543 e. The number of carboxylic acid groups (broad SMARTS) is 1. The van der Waals surface area contributed by atoms with Crippen LogP contribution in [0.15, 0.2) is 48.8 Å². The van der Waals surface area contributed by atoms with Crippen LogP contribution >= 0.6 is 11.3 Å². The largest absolute Gasteiger partial charge is 1.00 e. The van der Waals surface area contributed by atoms with Gasteiger partial charge in [-0.2, -0.15) is 0 Å². The molecule has 156 valence electrons. The smallest absolute Gasteiger partial charge is 0.543 e. The zero-order valence-corrected chi connectivity index (χ0v) is 18.0. The second kappa shape index (κ2) is 9.87. The number of aromatic nitrogens is 3. The van der Waals surface area contributed by atoms with Crippen LogP contribution in [0.5, 0.6) is 0 Å². The Morgan fingerprint density at radius 3 is 2.59 bits per heavy atom. The third-order valence-electron chi connectivity index (χ3n) is 4.39. The molecule has 0 atom stereocenters. The van der Waals surface area contributed by atoms with Crippen molar-refractivity contribution in [1.29, 1.82) is 0 Å². The van der Waals surface area contributed by atoms with Gasteiger partial charge in [0, 0.05) is 35.6 Å². The maximum Gasteiger partial charge on any atom is 1.00 e. The van der Waals surface area contributed by atoms with Gasteiger partial charge in [0.25, 0.3) is 0 Å². The molecule has 0 bridgehead atoms. The Labute approximate surface area is 198 Å². The summed E-state index contributed by atoms with van der Waals surface area (Å²) in [4.78, 5) is 35.3. The maximum atomic E-state index is 15.4. The number of carboxylic acids is 1. The van der Waals surface area contributed by atoms with E-state index in [1.54, 1.807) is 31.3 Å². The Hall–Kier alpha value is -3.32. The van der Waals surface area contributed by atoms with E-state index in [-0.39, 0.29) is 40.8 Å². The molecule has 0 fully saturated rings. The summed E-state index contributed by atoms with van der Waals surface area (Å²) in [6.07, 6.45) is 2.88. The molecule has 0 spiro atoms. The summed E-state index contributed by atoms with van der Waals surface area (Å²) >= 11 is 1.13. The van der Waals surface area contributed by atoms with Crippen molar-refractivity contribution in [2.75, 3.05) is 11.9 Å². The number of amides is 2. The van der Waals surface area contributed by atoms with E-state index in [1.807, 2.05) is 6.07 Å². The number of hydrogen-bond acceptors (Lipinski definition) is 7. The number of hydrogen-bond donors (Lipinski definition) is 2. The number of thiazole rings is 1. The van der Waals surface area contributed by atoms with Crippen LogP contribution in [0.1, 0.15) is 17.4 Å². The van der Waals surface area contributed by atoms with Gasteiger partial charge in [0.1, 0.15) is 5.52 Å². The van der Waals surface area contributed by atoms with Gasteiger partial charge in [0.2, 0.25) is 0 Å². The number of urea groups is 1. The van der Waals surface area contributed by atoms with Gasteiger partial charge < -0.3 is 15.2 Å². The van der Waals surface area contributed by atoms with Gasteiger partial charge in [-0.15, -0.1) is 0 Å². The van der Waals surface area contributed by atoms with Crippen molar-refractivity contribution in [3.8, 4) is 22.4 Å². The Balaban J connectivity index is 0.00000289. The number of anilines is 1. The average molecular weight is 443 g/mol. The molecule has 0 saturated heterocycles. The Morgan fingerprint density at radius 1 is 1.16 bits per heavy atom. The first-order valence-corrected chi connectivity index (χ1v) is 10.1. The third kappa shape index (κ3) is 4.62. The predicted molar refractivity (Wildman–Crippen MR) is 113 cm³/mol. The SMILES string of the molecule is CCNC(=O)Nc1nc2c(F)c(-c3ccc(C(=O)[O-])nc3)cc(-c3ccccn3)c2s1.[Li+]. The molecule has 4 aromatic rings. The molecule has 0 aliphatic carbocycles. The van der Waals surface area contributed by atoms with Crippen LogP contribution in [0.25, 0.3) is 32.6 Å². The molecule has 3 aromatic heterocycles. The number of pyridine rings is 2. The van der Waals surface area contributed by atoms with Crippen molar-refractivity contribution in [3.05, 3.63) is 60.3 Å². The van der Waals surface area contributed by atoms with Crippen LogP contribution < -0.4 is 34.6 Å². The molecular formula is C21H15FLiN5O3S. The predicted octanol–water partition coefficient (Wildman–Crippen LogP) is 0.0683. The number of carbonyl (C=O) groups excluding carboxylic acids is 2. The van der Waals surface area contributed by atoms with E-state index in [9.17, 15) is 14.7 Å². The molecule has 3 heterocycles. The summed E-state index contributed by atoms with van der Waals surface area (Å²) in [5.74, 6) is -2.03. The summed E-state index contributed by atoms with van der Waals surface area (Å²) in [5, 5.41) is 16.4. The van der Waals surface area contributed by atoms with Gasteiger partial charge in [0.15, 0.2) is 10.9 Å². The molecule has 11 heteroatoms. The first-order valence-electron chi connectivity index (χ1n) is 9.25. The number of nitrogens with one attached hydrogen (secondary N) is 2. The minimum atomic E-state index is -1.42. The van der Waals surface area contributed by atoms with Crippen LogP contribution in [-0.4, -0.2) is 33.5 Å². The molecule has 2 amide bonds. The van der Waals surface area contributed by atoms with Gasteiger partial charge in [-0.3, -0.25) is 15.3 Å². The number of fused-ring (bicyclic) bond motifs is 1. The zero-order chi connectivity index (χ0) is 22.0. The van der Waals surface area contributed by atoms with E-state index in [0.717, 1.165) is 11.3 Å². The zero-order valence-electron chi connectivity index (χ0n) is 17.2. The van der Waals surface area contributed by atoms with E-state index in [1.165, 1.54) is 18.3 Å². The summed E-state index contributed by atoms with van der Waals surface area (Å²) in [7, 11) is 0. The second-order valence-corrected chi connectivity index (χ2v) is 7.40. The van der Waals surface area contributed by atoms with E-state index >= 15 is 4.39 Å². The van der Waals surface area contributed by atoms with Crippen LogP contribution in [0, 0.1) is 5.82 Å². The van der Waals surface area contributed by atoms with Crippen LogP contribution in [-0.2, 0) is 0 Å². The number of benzene rings is 1. The van der Waals surface area contributed by atoms with Crippen molar-refractivity contribution in [1.82, 2.24) is 20.3 Å². The normalized spacial score (nSPS) is 10.4. The fourth-order valence-corrected chi connectivity index (χ4v) is 3.98. The first-order chi connectivity index (χ1) is 15.0. The first kappa shape index (κ1) is 23.3. The number of nitrogens with zero attached hydrogens (tertiary/aromatic N) is 3. The third-order valence-corrected chi connectivity index (χ3v) is 5.39. The number of rotatable bonds is 5. The van der Waals surface area contributed by atoms with Crippen molar-refractivity contribution < 1.29 is 37.9 Å². The molecule has 4 rings (SSSR count). The molecule has 32 heavy (non-hydrogen) atoms. The van der Waals surface area contributed by atoms with Crippen LogP contribution in [0.3, 0.4) is 0 Å². The quantitative estimate of drug-likeness (QED) is 0.421. The van der Waals surface area contributed by atoms with Gasteiger partial charge in [0.05, 0.1) is 22.1 Å². The topological polar surface area (TPSA) is 120 Å². The molecule has 0 radical (unpaired) electrons. The molecule has 0 aliphatic heterocycles. The molecule has 2 N–H and O–H groups in total. The second-order valence-electron chi connectivity index (χ2n) is 6.40. The van der Waals surface area contributed by atoms with Crippen LogP contribution in [0.2, 0.25) is 0 Å². The Morgan fingerprint density at radius 2 is 1.97 bits per heavy atom. The average Bonchev–Trinajstić information content (AvgIpc) is 3.19. The standard InChI is InChI=1S/C21H16FN5O3S.Li/c1-2-23-20(30)27-21-26-17-16(22)12(11-6-7-15(19(28)29)25-10-11)9-13(18(17)31-21)14-5-3-4-8-24-14;/h3-10H,2H2,1H3,(H,28,29)(H2,23,26,27,30);/q;+1/p-1. The maximum absolute atomic E-state index is 15.4. The van der Waals surface area contributed by atoms with Crippen molar-refractivity contribution in [2.45, 2.75) is 6.92 Å². The monoisotopic (exact) mass is 443 g/mol. The van der Waals surface area contributed by atoms with Crippen LogP contribution in [0.4, 0.5) is 14.3 Å².